The molecule has 0 saturated carbocycles. The van der Waals surface area contributed by atoms with E-state index >= 15 is 0 Å². The highest BCUT2D eigenvalue weighted by atomic mass is 35.5. The number of hydrazine groups is 1. The Morgan fingerprint density at radius 2 is 1.65 bits per heavy atom. The molecule has 7 nitrogen and oxygen atoms in total. The van der Waals surface area contributed by atoms with Crippen LogP contribution in [0, 0.1) is 19.8 Å². The average Bonchev–Trinajstić information content (AvgIpc) is 3.44. The number of hydrogen-bond donors (Lipinski definition) is 3. The summed E-state index contributed by atoms with van der Waals surface area (Å²) in [4.78, 5) is 15.7. The second-order valence-corrected chi connectivity index (χ2v) is 10.2. The van der Waals surface area contributed by atoms with E-state index in [4.69, 9.17) is 21.1 Å². The molecule has 4 atom stereocenters. The first kappa shape index (κ1) is 25.4. The number of carbonyl (C=O) groups is 1. The molecule has 3 aromatic carbocycles. The molecule has 0 aromatic heterocycles. The minimum Gasteiger partial charge on any atom is -0.508 e. The van der Waals surface area contributed by atoms with E-state index in [2.05, 4.69) is 42.0 Å². The monoisotopic (exact) mass is 521 g/mol. The molecule has 2 heterocycles. The van der Waals surface area contributed by atoms with Gasteiger partial charge in [0.15, 0.2) is 11.5 Å². The first-order valence-electron chi connectivity index (χ1n) is 12.4. The molecular weight excluding hydrogens is 490 g/mol. The number of hydrogen-bond acceptors (Lipinski definition) is 6. The van der Waals surface area contributed by atoms with Crippen LogP contribution in [0.5, 0.6) is 17.2 Å². The number of aromatic hydroxyl groups is 1. The van der Waals surface area contributed by atoms with Gasteiger partial charge < -0.3 is 19.5 Å². The molecule has 2 aliphatic rings. The number of phenolic OH excluding ortho intramolecular Hbond substituents is 1. The van der Waals surface area contributed by atoms with Crippen LogP contribution in [0.2, 0.25) is 5.02 Å². The Morgan fingerprint density at radius 3 is 2.35 bits per heavy atom. The lowest BCUT2D eigenvalue weighted by Gasteiger charge is -2.32. The van der Waals surface area contributed by atoms with Crippen LogP contribution in [0.4, 0.5) is 0 Å². The summed E-state index contributed by atoms with van der Waals surface area (Å²) >= 11 is 6.44. The summed E-state index contributed by atoms with van der Waals surface area (Å²) < 4.78 is 10.8. The third-order valence-electron chi connectivity index (χ3n) is 7.56. The molecule has 1 amide bonds. The van der Waals surface area contributed by atoms with Gasteiger partial charge in [-0.25, -0.2) is 10.9 Å². The van der Waals surface area contributed by atoms with E-state index in [0.717, 1.165) is 22.3 Å². The molecule has 194 valence electrons. The molecule has 2 aliphatic heterocycles. The van der Waals surface area contributed by atoms with Crippen LogP contribution in [-0.2, 0) is 11.2 Å². The highest BCUT2D eigenvalue weighted by Gasteiger charge is 2.55. The van der Waals surface area contributed by atoms with Crippen LogP contribution in [0.1, 0.15) is 39.9 Å². The van der Waals surface area contributed by atoms with Crippen molar-refractivity contribution in [2.75, 3.05) is 20.8 Å². The molecule has 5 rings (SSSR count). The van der Waals surface area contributed by atoms with Gasteiger partial charge in [-0.2, -0.15) is 0 Å². The van der Waals surface area contributed by atoms with E-state index in [1.807, 2.05) is 30.0 Å². The molecule has 37 heavy (non-hydrogen) atoms. The van der Waals surface area contributed by atoms with Gasteiger partial charge in [0.05, 0.1) is 26.3 Å². The predicted octanol–water partition coefficient (Wildman–Crippen LogP) is 4.64. The van der Waals surface area contributed by atoms with Gasteiger partial charge in [-0.1, -0.05) is 47.5 Å². The number of nitrogens with zero attached hydrogens (tertiary/aromatic N) is 1. The van der Waals surface area contributed by atoms with Crippen molar-refractivity contribution < 1.29 is 19.4 Å². The standard InChI is InChI=1S/C29H32ClN3O4/c1-16-5-8-19(9-6-16)28-25-26(20-15-21(30)17(2)13-22(20)34)31-32-27(25)29(35)33(28)12-11-18-7-10-23(36-3)24(14-18)37-4/h5-10,13-15,25-28,31-32,34H,11-12H2,1-4H3. The minimum absolute atomic E-state index is 0.0313. The van der Waals surface area contributed by atoms with Crippen molar-refractivity contribution in [1.29, 1.82) is 0 Å². The maximum absolute atomic E-state index is 13.8. The van der Waals surface area contributed by atoms with Crippen molar-refractivity contribution in [2.24, 2.45) is 5.92 Å². The third kappa shape index (κ3) is 4.63. The van der Waals surface area contributed by atoms with E-state index in [-0.39, 0.29) is 29.7 Å². The summed E-state index contributed by atoms with van der Waals surface area (Å²) in [5.41, 5.74) is 11.3. The predicted molar refractivity (Wildman–Crippen MR) is 143 cm³/mol. The number of rotatable bonds is 7. The molecule has 3 N–H and O–H groups in total. The zero-order valence-electron chi connectivity index (χ0n) is 21.4. The highest BCUT2D eigenvalue weighted by Crippen LogP contribution is 2.49. The van der Waals surface area contributed by atoms with Gasteiger partial charge in [0.2, 0.25) is 5.91 Å². The smallest absolute Gasteiger partial charge is 0.242 e. The van der Waals surface area contributed by atoms with Crippen LogP contribution in [0.15, 0.2) is 54.6 Å². The maximum Gasteiger partial charge on any atom is 0.242 e. The van der Waals surface area contributed by atoms with Crippen LogP contribution in [0.3, 0.4) is 0 Å². The van der Waals surface area contributed by atoms with Gasteiger partial charge in [-0.15, -0.1) is 0 Å². The molecule has 0 radical (unpaired) electrons. The number of likely N-dealkylation sites (tertiary alicyclic amines) is 1. The van der Waals surface area contributed by atoms with E-state index in [0.29, 0.717) is 35.1 Å². The number of nitrogens with one attached hydrogen (secondary N) is 2. The number of amides is 1. The number of benzene rings is 3. The van der Waals surface area contributed by atoms with Crippen molar-refractivity contribution >= 4 is 17.5 Å². The Bertz CT molecular complexity index is 1310. The molecule has 2 fully saturated rings. The van der Waals surface area contributed by atoms with Crippen LogP contribution in [0.25, 0.3) is 0 Å². The van der Waals surface area contributed by atoms with Crippen molar-refractivity contribution in [3.8, 4) is 17.2 Å². The molecule has 2 saturated heterocycles. The van der Waals surface area contributed by atoms with Crippen molar-refractivity contribution in [1.82, 2.24) is 15.8 Å². The number of halogens is 1. The first-order chi connectivity index (χ1) is 17.8. The van der Waals surface area contributed by atoms with Gasteiger partial charge >= 0.3 is 0 Å². The fourth-order valence-electron chi connectivity index (χ4n) is 5.60. The summed E-state index contributed by atoms with van der Waals surface area (Å²) in [5, 5.41) is 11.4. The Hall–Kier alpha value is -3.26. The quantitative estimate of drug-likeness (QED) is 0.420. The first-order valence-corrected chi connectivity index (χ1v) is 12.8. The minimum atomic E-state index is -0.429. The van der Waals surface area contributed by atoms with Gasteiger partial charge in [0.25, 0.3) is 0 Å². The average molecular weight is 522 g/mol. The lowest BCUT2D eigenvalue weighted by molar-refractivity contribution is -0.130. The third-order valence-corrected chi connectivity index (χ3v) is 7.97. The number of aryl methyl sites for hydroxylation is 2. The summed E-state index contributed by atoms with van der Waals surface area (Å²) in [6.07, 6.45) is 0.660. The number of methoxy groups -OCH3 is 2. The van der Waals surface area contributed by atoms with E-state index in [9.17, 15) is 9.90 Å². The summed E-state index contributed by atoms with van der Waals surface area (Å²) in [7, 11) is 3.23. The zero-order chi connectivity index (χ0) is 26.3. The lowest BCUT2D eigenvalue weighted by Crippen LogP contribution is -2.42. The van der Waals surface area contributed by atoms with Crippen LogP contribution >= 0.6 is 11.6 Å². The van der Waals surface area contributed by atoms with Gasteiger partial charge in [-0.05, 0) is 61.2 Å². The largest absolute Gasteiger partial charge is 0.508 e. The Kier molecular flexibility index (Phi) is 7.03. The zero-order valence-corrected chi connectivity index (χ0v) is 22.2. The Balaban J connectivity index is 1.50. The second-order valence-electron chi connectivity index (χ2n) is 9.81. The molecular formula is C29H32ClN3O4. The maximum atomic E-state index is 13.8. The van der Waals surface area contributed by atoms with Gasteiger partial charge in [0, 0.05) is 23.0 Å². The van der Waals surface area contributed by atoms with Crippen molar-refractivity contribution in [3.05, 3.63) is 87.4 Å². The van der Waals surface area contributed by atoms with Gasteiger partial charge in [0.1, 0.15) is 11.8 Å². The van der Waals surface area contributed by atoms with Crippen molar-refractivity contribution in [2.45, 2.75) is 38.4 Å². The molecule has 4 unspecified atom stereocenters. The second kappa shape index (κ2) is 10.2. The molecule has 8 heteroatoms. The number of phenols is 1. The summed E-state index contributed by atoms with van der Waals surface area (Å²) in [5.74, 6) is 1.39. The normalized spacial score (nSPS) is 22.8. The number of carbonyl (C=O) groups excluding carboxylic acids is 1. The van der Waals surface area contributed by atoms with Crippen LogP contribution in [-0.4, -0.2) is 42.7 Å². The van der Waals surface area contributed by atoms with Gasteiger partial charge in [-0.3, -0.25) is 4.79 Å². The molecule has 0 aliphatic carbocycles. The summed E-state index contributed by atoms with van der Waals surface area (Å²) in [6, 6.07) is 16.7. The molecule has 3 aromatic rings. The molecule has 0 spiro atoms. The topological polar surface area (TPSA) is 83.1 Å². The fraction of sp³-hybridized carbons (Fsp3) is 0.345. The van der Waals surface area contributed by atoms with E-state index < -0.39 is 6.04 Å². The Labute approximate surface area is 222 Å². The van der Waals surface area contributed by atoms with E-state index in [1.54, 1.807) is 26.4 Å². The molecule has 0 bridgehead atoms. The lowest BCUT2D eigenvalue weighted by atomic mass is 9.82. The van der Waals surface area contributed by atoms with Crippen molar-refractivity contribution in [3.63, 3.8) is 0 Å². The number of ether oxygens (including phenoxy) is 2. The fourth-order valence-corrected chi connectivity index (χ4v) is 5.77. The Morgan fingerprint density at radius 1 is 0.946 bits per heavy atom. The number of fused-ring (bicyclic) bond motifs is 1. The van der Waals surface area contributed by atoms with E-state index in [1.165, 1.54) is 0 Å². The SMILES string of the molecule is COc1ccc(CCN2C(=O)C3NNC(c4cc(Cl)c(C)cc4O)C3C2c2ccc(C)cc2)cc1OC. The summed E-state index contributed by atoms with van der Waals surface area (Å²) in [6.45, 7) is 4.45. The highest BCUT2D eigenvalue weighted by molar-refractivity contribution is 6.31. The van der Waals surface area contributed by atoms with Crippen LogP contribution < -0.4 is 20.3 Å².